The van der Waals surface area contributed by atoms with Gasteiger partial charge in [-0.25, -0.2) is 9.48 Å². The van der Waals surface area contributed by atoms with Crippen molar-refractivity contribution in [1.29, 1.82) is 0 Å². The van der Waals surface area contributed by atoms with Crippen LogP contribution in [0.4, 0.5) is 0 Å². The first-order valence-electron chi connectivity index (χ1n) is 11.8. The van der Waals surface area contributed by atoms with E-state index in [4.69, 9.17) is 19.7 Å². The van der Waals surface area contributed by atoms with E-state index in [0.29, 0.717) is 25.0 Å². The zero-order valence-corrected chi connectivity index (χ0v) is 19.2. The Bertz CT molecular complexity index is 1030. The zero-order chi connectivity index (χ0) is 23.0. The second-order valence-corrected chi connectivity index (χ2v) is 8.67. The van der Waals surface area contributed by atoms with E-state index in [2.05, 4.69) is 28.9 Å². The number of carboxylic acids is 1. The van der Waals surface area contributed by atoms with Crippen LogP contribution in [0.1, 0.15) is 32.6 Å². The molecule has 0 spiro atoms. The van der Waals surface area contributed by atoms with Crippen LogP contribution in [-0.4, -0.2) is 40.7 Å². The highest BCUT2D eigenvalue weighted by Crippen LogP contribution is 2.40. The van der Waals surface area contributed by atoms with Crippen molar-refractivity contribution in [2.24, 2.45) is 11.8 Å². The summed E-state index contributed by atoms with van der Waals surface area (Å²) in [5.74, 6) is 0.861. The van der Waals surface area contributed by atoms with Gasteiger partial charge >= 0.3 is 5.97 Å². The van der Waals surface area contributed by atoms with Gasteiger partial charge in [0.15, 0.2) is 0 Å². The van der Waals surface area contributed by atoms with E-state index in [-0.39, 0.29) is 6.61 Å². The maximum atomic E-state index is 10.7. The van der Waals surface area contributed by atoms with E-state index >= 15 is 0 Å². The lowest BCUT2D eigenvalue weighted by Gasteiger charge is -2.28. The van der Waals surface area contributed by atoms with E-state index in [0.717, 1.165) is 60.5 Å². The molecule has 0 atom stereocenters. The van der Waals surface area contributed by atoms with Crippen LogP contribution >= 0.6 is 0 Å². The number of carbonyl (C=O) groups is 1. The van der Waals surface area contributed by atoms with Gasteiger partial charge in [0.2, 0.25) is 5.88 Å². The van der Waals surface area contributed by atoms with Crippen LogP contribution in [0.15, 0.2) is 60.7 Å². The quantitative estimate of drug-likeness (QED) is 0.442. The van der Waals surface area contributed by atoms with Crippen molar-refractivity contribution >= 4 is 5.97 Å². The van der Waals surface area contributed by atoms with E-state index in [1.807, 2.05) is 43.3 Å². The minimum Gasteiger partial charge on any atom is -0.480 e. The van der Waals surface area contributed by atoms with Gasteiger partial charge in [-0.15, -0.1) is 0 Å². The number of ether oxygens (including phenoxy) is 2. The summed E-state index contributed by atoms with van der Waals surface area (Å²) in [6, 6.07) is 20.6. The first-order valence-corrected chi connectivity index (χ1v) is 11.8. The Morgan fingerprint density at radius 3 is 2.18 bits per heavy atom. The molecule has 1 fully saturated rings. The smallest absolute Gasteiger partial charge is 0.329 e. The Balaban J connectivity index is 1.56. The summed E-state index contributed by atoms with van der Waals surface area (Å²) in [6.45, 7) is 3.71. The van der Waals surface area contributed by atoms with Crippen molar-refractivity contribution in [2.75, 3.05) is 19.8 Å². The first-order chi connectivity index (χ1) is 16.2. The molecule has 1 heterocycles. The number of hydrogen-bond acceptors (Lipinski definition) is 4. The summed E-state index contributed by atoms with van der Waals surface area (Å²) in [7, 11) is 0. The zero-order valence-electron chi connectivity index (χ0n) is 19.2. The number of benzene rings is 2. The number of carboxylic acid groups (broad SMARTS) is 1. The normalized spacial score (nSPS) is 18.2. The number of aromatic nitrogens is 2. The third-order valence-electron chi connectivity index (χ3n) is 6.27. The molecule has 33 heavy (non-hydrogen) atoms. The molecule has 1 N–H and O–H groups in total. The maximum absolute atomic E-state index is 10.7. The average molecular weight is 449 g/mol. The predicted octanol–water partition coefficient (Wildman–Crippen LogP) is 5.52. The largest absolute Gasteiger partial charge is 0.480 e. The Labute approximate surface area is 195 Å². The van der Waals surface area contributed by atoms with Crippen molar-refractivity contribution in [3.63, 3.8) is 0 Å². The van der Waals surface area contributed by atoms with Crippen LogP contribution < -0.4 is 4.74 Å². The molecule has 3 aromatic rings. The molecule has 1 aliphatic rings. The maximum Gasteiger partial charge on any atom is 0.329 e. The minimum absolute atomic E-state index is 0.213. The second-order valence-electron chi connectivity index (χ2n) is 8.67. The molecule has 2 aromatic carbocycles. The monoisotopic (exact) mass is 448 g/mol. The lowest BCUT2D eigenvalue weighted by Crippen LogP contribution is -2.23. The molecule has 0 bridgehead atoms. The Morgan fingerprint density at radius 1 is 0.970 bits per heavy atom. The van der Waals surface area contributed by atoms with Gasteiger partial charge in [0.05, 0.1) is 18.8 Å². The predicted molar refractivity (Wildman–Crippen MR) is 128 cm³/mol. The highest BCUT2D eigenvalue weighted by Gasteiger charge is 2.26. The molecule has 1 aromatic heterocycles. The fourth-order valence-electron chi connectivity index (χ4n) is 4.65. The Hall–Kier alpha value is -3.12. The van der Waals surface area contributed by atoms with E-state index < -0.39 is 5.97 Å². The molecule has 0 radical (unpaired) electrons. The molecule has 0 saturated heterocycles. The van der Waals surface area contributed by atoms with Gasteiger partial charge in [0.1, 0.15) is 12.3 Å². The van der Waals surface area contributed by atoms with Gasteiger partial charge in [0.25, 0.3) is 0 Å². The van der Waals surface area contributed by atoms with Crippen LogP contribution in [0.5, 0.6) is 5.88 Å². The van der Waals surface area contributed by atoms with Crippen molar-refractivity contribution < 1.29 is 19.4 Å². The molecule has 1 aliphatic carbocycles. The van der Waals surface area contributed by atoms with Crippen LogP contribution in [0.2, 0.25) is 0 Å². The molecule has 0 amide bonds. The van der Waals surface area contributed by atoms with Crippen LogP contribution in [-0.2, 0) is 16.1 Å². The lowest BCUT2D eigenvalue weighted by atomic mass is 9.82. The number of aliphatic carboxylic acids is 1. The van der Waals surface area contributed by atoms with Gasteiger partial charge in [-0.3, -0.25) is 0 Å². The highest BCUT2D eigenvalue weighted by molar-refractivity contribution is 5.84. The fourth-order valence-corrected chi connectivity index (χ4v) is 4.65. The van der Waals surface area contributed by atoms with Crippen molar-refractivity contribution in [2.45, 2.75) is 39.2 Å². The number of nitrogens with zero attached hydrogens (tertiary/aromatic N) is 2. The molecule has 0 aliphatic heterocycles. The topological polar surface area (TPSA) is 73.6 Å². The summed E-state index contributed by atoms with van der Waals surface area (Å²) in [6.07, 6.45) is 4.25. The van der Waals surface area contributed by atoms with Crippen LogP contribution in [0, 0.1) is 11.8 Å². The van der Waals surface area contributed by atoms with Crippen molar-refractivity contribution in [1.82, 2.24) is 9.78 Å². The average Bonchev–Trinajstić information content (AvgIpc) is 3.19. The summed E-state index contributed by atoms with van der Waals surface area (Å²) in [5, 5.41) is 13.8. The molecule has 6 heteroatoms. The summed E-state index contributed by atoms with van der Waals surface area (Å²) in [5.41, 5.74) is 4.17. The van der Waals surface area contributed by atoms with Gasteiger partial charge in [-0.2, -0.15) is 5.10 Å². The highest BCUT2D eigenvalue weighted by atomic mass is 16.5. The van der Waals surface area contributed by atoms with Crippen LogP contribution in [0.25, 0.3) is 22.4 Å². The molecule has 1 saturated carbocycles. The third kappa shape index (κ3) is 5.82. The minimum atomic E-state index is -0.908. The molecule has 4 rings (SSSR count). The van der Waals surface area contributed by atoms with E-state index in [1.54, 1.807) is 0 Å². The van der Waals surface area contributed by atoms with Gasteiger partial charge < -0.3 is 14.6 Å². The van der Waals surface area contributed by atoms with Crippen LogP contribution in [0.3, 0.4) is 0 Å². The Morgan fingerprint density at radius 2 is 1.58 bits per heavy atom. The summed E-state index contributed by atoms with van der Waals surface area (Å²) >= 11 is 0. The number of rotatable bonds is 10. The molecular formula is C27H32N2O4. The second kappa shape index (κ2) is 11.1. The molecule has 0 unspecified atom stereocenters. The standard InChI is InChI=1S/C27H32N2O4/c1-2-33-27-25(22-9-5-3-6-10-22)26(23-11-7-4-8-12-23)28-29(27)17-20-13-15-21(16-14-20)18-32-19-24(30)31/h3-12,20-21H,2,13-19H2,1H3,(H,30,31)/t20-,21+. The third-order valence-corrected chi connectivity index (χ3v) is 6.27. The first kappa shape index (κ1) is 23.1. The molecule has 174 valence electrons. The fraction of sp³-hybridized carbons (Fsp3) is 0.407. The van der Waals surface area contributed by atoms with Crippen molar-refractivity contribution in [3.8, 4) is 28.3 Å². The van der Waals surface area contributed by atoms with Crippen molar-refractivity contribution in [3.05, 3.63) is 60.7 Å². The SMILES string of the molecule is CCOc1c(-c2ccccc2)c(-c2ccccc2)nn1C[C@H]1CC[C@@H](COCC(=O)O)CC1. The Kier molecular flexibility index (Phi) is 7.79. The van der Waals surface area contributed by atoms with E-state index in [9.17, 15) is 4.79 Å². The summed E-state index contributed by atoms with van der Waals surface area (Å²) < 4.78 is 13.6. The van der Waals surface area contributed by atoms with Gasteiger partial charge in [-0.05, 0) is 50.0 Å². The molecular weight excluding hydrogens is 416 g/mol. The van der Waals surface area contributed by atoms with Gasteiger partial charge in [-0.1, -0.05) is 60.7 Å². The van der Waals surface area contributed by atoms with E-state index in [1.165, 1.54) is 0 Å². The lowest BCUT2D eigenvalue weighted by molar-refractivity contribution is -0.142. The summed E-state index contributed by atoms with van der Waals surface area (Å²) in [4.78, 5) is 10.7. The number of hydrogen-bond donors (Lipinski definition) is 1. The van der Waals surface area contributed by atoms with Gasteiger partial charge in [0, 0.05) is 12.1 Å². The molecule has 6 nitrogen and oxygen atoms in total.